The van der Waals surface area contributed by atoms with Crippen molar-refractivity contribution in [3.8, 4) is 6.07 Å². The maximum absolute atomic E-state index is 9.05. The third-order valence-corrected chi connectivity index (χ3v) is 3.34. The van der Waals surface area contributed by atoms with E-state index in [9.17, 15) is 0 Å². The molecule has 0 spiro atoms. The van der Waals surface area contributed by atoms with Gasteiger partial charge in [0.1, 0.15) is 6.07 Å². The van der Waals surface area contributed by atoms with Crippen LogP contribution in [0.15, 0.2) is 17.5 Å². The van der Waals surface area contributed by atoms with E-state index in [4.69, 9.17) is 22.0 Å². The van der Waals surface area contributed by atoms with Crippen LogP contribution in [0.3, 0.4) is 0 Å². The molecule has 0 atom stereocenters. The molecule has 2 rings (SSSR count). The summed E-state index contributed by atoms with van der Waals surface area (Å²) >= 11 is 7.40. The van der Waals surface area contributed by atoms with E-state index in [-0.39, 0.29) is 6.61 Å². The first-order valence-electron chi connectivity index (χ1n) is 3.97. The topological polar surface area (TPSA) is 44.0 Å². The number of rotatable bonds is 1. The highest BCUT2D eigenvalue weighted by Crippen LogP contribution is 2.30. The number of hydrogen-bond donors (Lipinski definition) is 1. The van der Waals surface area contributed by atoms with Crippen LogP contribution in [0, 0.1) is 11.3 Å². The standard InChI is InChI=1S/C10H6ClNOS/c11-9-2-10-8(1-6(9)3-12)7(4-13)5-14-10/h1-2,5,13H,4H2. The van der Waals surface area contributed by atoms with Gasteiger partial charge < -0.3 is 5.11 Å². The Morgan fingerprint density at radius 2 is 2.29 bits per heavy atom. The van der Waals surface area contributed by atoms with Crippen LogP contribution in [0.5, 0.6) is 0 Å². The molecule has 1 heterocycles. The Kier molecular flexibility index (Phi) is 2.42. The van der Waals surface area contributed by atoms with Gasteiger partial charge in [0.25, 0.3) is 0 Å². The average molecular weight is 224 g/mol. The molecule has 1 aromatic carbocycles. The maximum Gasteiger partial charge on any atom is 0.101 e. The molecule has 2 aromatic rings. The molecule has 0 aliphatic rings. The monoisotopic (exact) mass is 223 g/mol. The molecule has 0 aliphatic carbocycles. The first-order chi connectivity index (χ1) is 6.76. The van der Waals surface area contributed by atoms with E-state index >= 15 is 0 Å². The summed E-state index contributed by atoms with van der Waals surface area (Å²) in [6.07, 6.45) is 0. The van der Waals surface area contributed by atoms with Crippen molar-refractivity contribution in [3.63, 3.8) is 0 Å². The molecule has 0 bridgehead atoms. The first kappa shape index (κ1) is 9.47. The molecule has 2 nitrogen and oxygen atoms in total. The highest BCUT2D eigenvalue weighted by Gasteiger charge is 2.07. The second-order valence-electron chi connectivity index (χ2n) is 2.86. The number of halogens is 1. The molecule has 14 heavy (non-hydrogen) atoms. The number of nitrogens with zero attached hydrogens (tertiary/aromatic N) is 1. The van der Waals surface area contributed by atoms with Crippen molar-refractivity contribution in [2.24, 2.45) is 0 Å². The lowest BCUT2D eigenvalue weighted by atomic mass is 10.1. The summed E-state index contributed by atoms with van der Waals surface area (Å²) in [6, 6.07) is 5.50. The predicted molar refractivity (Wildman–Crippen MR) is 57.5 cm³/mol. The summed E-state index contributed by atoms with van der Waals surface area (Å²) in [6.45, 7) is -0.00744. The van der Waals surface area contributed by atoms with Gasteiger partial charge in [-0.1, -0.05) is 11.6 Å². The van der Waals surface area contributed by atoms with Crippen LogP contribution in [0.25, 0.3) is 10.1 Å². The summed E-state index contributed by atoms with van der Waals surface area (Å²) in [5.74, 6) is 0. The third-order valence-electron chi connectivity index (χ3n) is 2.03. The maximum atomic E-state index is 9.05. The Bertz CT molecular complexity index is 527. The molecule has 4 heteroatoms. The van der Waals surface area contributed by atoms with Gasteiger partial charge in [-0.3, -0.25) is 0 Å². The number of nitriles is 1. The number of hydrogen-bond acceptors (Lipinski definition) is 3. The zero-order chi connectivity index (χ0) is 10.1. The fourth-order valence-corrected chi connectivity index (χ4v) is 2.55. The lowest BCUT2D eigenvalue weighted by Gasteiger charge is -1.97. The number of aliphatic hydroxyl groups excluding tert-OH is 1. The largest absolute Gasteiger partial charge is 0.392 e. The van der Waals surface area contributed by atoms with Gasteiger partial charge in [-0.05, 0) is 28.5 Å². The number of aliphatic hydroxyl groups is 1. The van der Waals surface area contributed by atoms with E-state index < -0.39 is 0 Å². The summed E-state index contributed by atoms with van der Waals surface area (Å²) in [4.78, 5) is 0. The minimum Gasteiger partial charge on any atom is -0.392 e. The molecular formula is C10H6ClNOS. The number of thiophene rings is 1. The Morgan fingerprint density at radius 1 is 1.50 bits per heavy atom. The smallest absolute Gasteiger partial charge is 0.101 e. The van der Waals surface area contributed by atoms with Crippen LogP contribution in [0.4, 0.5) is 0 Å². The molecule has 0 saturated carbocycles. The van der Waals surface area contributed by atoms with E-state index in [1.807, 2.05) is 11.4 Å². The van der Waals surface area contributed by atoms with Crippen LogP contribution in [0.2, 0.25) is 5.02 Å². The molecule has 0 unspecified atom stereocenters. The van der Waals surface area contributed by atoms with Crippen molar-refractivity contribution in [2.75, 3.05) is 0 Å². The zero-order valence-electron chi connectivity index (χ0n) is 7.12. The number of fused-ring (bicyclic) bond motifs is 1. The van der Waals surface area contributed by atoms with Crippen molar-refractivity contribution >= 4 is 33.0 Å². The van der Waals surface area contributed by atoms with Gasteiger partial charge in [0.15, 0.2) is 0 Å². The van der Waals surface area contributed by atoms with E-state index in [1.165, 1.54) is 11.3 Å². The number of benzene rings is 1. The summed E-state index contributed by atoms with van der Waals surface area (Å²) in [7, 11) is 0. The van der Waals surface area contributed by atoms with Crippen LogP contribution in [-0.4, -0.2) is 5.11 Å². The minimum atomic E-state index is -0.00744. The van der Waals surface area contributed by atoms with Crippen molar-refractivity contribution in [2.45, 2.75) is 6.61 Å². The molecular weight excluding hydrogens is 218 g/mol. The molecule has 70 valence electrons. The Hall–Kier alpha value is -1.08. The third kappa shape index (κ3) is 1.38. The van der Waals surface area contributed by atoms with Gasteiger partial charge in [-0.15, -0.1) is 11.3 Å². The summed E-state index contributed by atoms with van der Waals surface area (Å²) < 4.78 is 0.998. The normalized spacial score (nSPS) is 10.4. The molecule has 0 amide bonds. The van der Waals surface area contributed by atoms with E-state index in [0.717, 1.165) is 15.6 Å². The molecule has 0 fully saturated rings. The van der Waals surface area contributed by atoms with Crippen LogP contribution in [-0.2, 0) is 6.61 Å². The Morgan fingerprint density at radius 3 is 2.93 bits per heavy atom. The van der Waals surface area contributed by atoms with Crippen molar-refractivity contribution in [1.29, 1.82) is 5.26 Å². The highest BCUT2D eigenvalue weighted by molar-refractivity contribution is 7.17. The SMILES string of the molecule is N#Cc1cc2c(CO)csc2cc1Cl. The van der Waals surface area contributed by atoms with Crippen molar-refractivity contribution in [3.05, 3.63) is 33.7 Å². The fourth-order valence-electron chi connectivity index (χ4n) is 1.31. The van der Waals surface area contributed by atoms with E-state index in [2.05, 4.69) is 0 Å². The second kappa shape index (κ2) is 3.58. The van der Waals surface area contributed by atoms with Gasteiger partial charge >= 0.3 is 0 Å². The van der Waals surface area contributed by atoms with Crippen molar-refractivity contribution < 1.29 is 5.11 Å². The molecule has 0 saturated heterocycles. The van der Waals surface area contributed by atoms with Gasteiger partial charge in [0, 0.05) is 4.70 Å². The molecule has 1 aromatic heterocycles. The van der Waals surface area contributed by atoms with Crippen molar-refractivity contribution in [1.82, 2.24) is 0 Å². The zero-order valence-corrected chi connectivity index (χ0v) is 8.69. The van der Waals surface area contributed by atoms with Gasteiger partial charge in [-0.2, -0.15) is 5.26 Å². The molecule has 0 aliphatic heterocycles. The van der Waals surface area contributed by atoms with Crippen LogP contribution < -0.4 is 0 Å². The fraction of sp³-hybridized carbons (Fsp3) is 0.100. The predicted octanol–water partition coefficient (Wildman–Crippen LogP) is 2.92. The van der Waals surface area contributed by atoms with E-state index in [1.54, 1.807) is 12.1 Å². The van der Waals surface area contributed by atoms with Gasteiger partial charge in [0.05, 0.1) is 17.2 Å². The minimum absolute atomic E-state index is 0.00744. The van der Waals surface area contributed by atoms with Crippen LogP contribution in [0.1, 0.15) is 11.1 Å². The lowest BCUT2D eigenvalue weighted by molar-refractivity contribution is 0.284. The second-order valence-corrected chi connectivity index (χ2v) is 4.18. The van der Waals surface area contributed by atoms with Gasteiger partial charge in [-0.25, -0.2) is 0 Å². The van der Waals surface area contributed by atoms with Crippen LogP contribution >= 0.6 is 22.9 Å². The average Bonchev–Trinajstić information content (AvgIpc) is 2.58. The molecule has 0 radical (unpaired) electrons. The molecule has 1 N–H and O–H groups in total. The summed E-state index contributed by atoms with van der Waals surface area (Å²) in [5, 5.41) is 21.1. The summed E-state index contributed by atoms with van der Waals surface area (Å²) in [5.41, 5.74) is 1.30. The quantitative estimate of drug-likeness (QED) is 0.808. The Labute approximate surface area is 90.0 Å². The Balaban J connectivity index is 2.78. The highest BCUT2D eigenvalue weighted by atomic mass is 35.5. The van der Waals surface area contributed by atoms with Gasteiger partial charge in [0.2, 0.25) is 0 Å². The lowest BCUT2D eigenvalue weighted by Crippen LogP contribution is -1.81. The van der Waals surface area contributed by atoms with E-state index in [0.29, 0.717) is 10.6 Å². The first-order valence-corrected chi connectivity index (χ1v) is 5.22.